The van der Waals surface area contributed by atoms with E-state index in [0.717, 1.165) is 11.4 Å². The maximum Gasteiger partial charge on any atom is 0.143 e. The van der Waals surface area contributed by atoms with E-state index in [2.05, 4.69) is 79.0 Å². The van der Waals surface area contributed by atoms with Crippen LogP contribution in [0.5, 0.6) is 0 Å². The molecule has 0 unspecified atom stereocenters. The van der Waals surface area contributed by atoms with Crippen molar-refractivity contribution in [2.75, 3.05) is 11.6 Å². The average Bonchev–Trinajstić information content (AvgIpc) is 2.48. The van der Waals surface area contributed by atoms with Gasteiger partial charge in [0.05, 0.1) is 0 Å². The molecule has 2 aromatic rings. The number of nitrogens with zero attached hydrogens (tertiary/aromatic N) is 3. The van der Waals surface area contributed by atoms with Crippen LogP contribution in [-0.2, 0) is 0 Å². The van der Waals surface area contributed by atoms with Gasteiger partial charge in [-0.15, -0.1) is 0 Å². The lowest BCUT2D eigenvalue weighted by Gasteiger charge is -2.28. The van der Waals surface area contributed by atoms with Crippen molar-refractivity contribution in [2.45, 2.75) is 27.7 Å². The van der Waals surface area contributed by atoms with Gasteiger partial charge in [-0.25, -0.2) is 4.99 Å². The SMILES string of the molecule is Cc1ccc(C2=NC=NCN2c2ccc(C)cc2C)c(C)c1. The molecule has 0 fully saturated rings. The van der Waals surface area contributed by atoms with Crippen molar-refractivity contribution < 1.29 is 0 Å². The fourth-order valence-electron chi connectivity index (χ4n) is 2.93. The zero-order valence-electron chi connectivity index (χ0n) is 13.6. The lowest BCUT2D eigenvalue weighted by Crippen LogP contribution is -2.35. The Morgan fingerprint density at radius 2 is 1.55 bits per heavy atom. The Morgan fingerprint density at radius 1 is 0.864 bits per heavy atom. The van der Waals surface area contributed by atoms with Crippen LogP contribution >= 0.6 is 0 Å². The molecule has 1 aliphatic heterocycles. The lowest BCUT2D eigenvalue weighted by molar-refractivity contribution is 0.987. The minimum absolute atomic E-state index is 0.607. The van der Waals surface area contributed by atoms with Crippen molar-refractivity contribution in [1.29, 1.82) is 0 Å². The van der Waals surface area contributed by atoms with Crippen LogP contribution < -0.4 is 4.90 Å². The van der Waals surface area contributed by atoms with Crippen molar-refractivity contribution in [3.05, 3.63) is 64.2 Å². The van der Waals surface area contributed by atoms with Crippen LogP contribution in [0.1, 0.15) is 27.8 Å². The number of benzene rings is 2. The summed E-state index contributed by atoms with van der Waals surface area (Å²) in [6, 6.07) is 13.0. The lowest BCUT2D eigenvalue weighted by atomic mass is 10.0. The van der Waals surface area contributed by atoms with Crippen molar-refractivity contribution in [1.82, 2.24) is 0 Å². The van der Waals surface area contributed by atoms with Crippen LogP contribution in [0.2, 0.25) is 0 Å². The summed E-state index contributed by atoms with van der Waals surface area (Å²) in [5, 5.41) is 0. The Balaban J connectivity index is 2.08. The highest BCUT2D eigenvalue weighted by atomic mass is 15.3. The van der Waals surface area contributed by atoms with E-state index in [4.69, 9.17) is 0 Å². The van der Waals surface area contributed by atoms with Crippen LogP contribution in [0.25, 0.3) is 0 Å². The Morgan fingerprint density at radius 3 is 2.23 bits per heavy atom. The maximum atomic E-state index is 4.56. The van der Waals surface area contributed by atoms with Crippen molar-refractivity contribution >= 4 is 17.9 Å². The first-order valence-electron chi connectivity index (χ1n) is 7.55. The van der Waals surface area contributed by atoms with Gasteiger partial charge in [-0.2, -0.15) is 0 Å². The van der Waals surface area contributed by atoms with Gasteiger partial charge in [-0.05, 0) is 44.9 Å². The van der Waals surface area contributed by atoms with Gasteiger partial charge < -0.3 is 4.90 Å². The third-order valence-corrected chi connectivity index (χ3v) is 4.01. The van der Waals surface area contributed by atoms with Gasteiger partial charge in [0.25, 0.3) is 0 Å². The first kappa shape index (κ1) is 14.5. The molecule has 0 saturated heterocycles. The van der Waals surface area contributed by atoms with E-state index in [1.54, 1.807) is 6.34 Å². The number of hydrogen-bond acceptors (Lipinski definition) is 3. The molecule has 3 nitrogen and oxygen atoms in total. The summed E-state index contributed by atoms with van der Waals surface area (Å²) in [5.74, 6) is 0.972. The van der Waals surface area contributed by atoms with Gasteiger partial charge in [0.2, 0.25) is 0 Å². The van der Waals surface area contributed by atoms with Crippen molar-refractivity contribution in [3.63, 3.8) is 0 Å². The molecular formula is C19H21N3. The van der Waals surface area contributed by atoms with Crippen molar-refractivity contribution in [3.8, 4) is 0 Å². The third-order valence-electron chi connectivity index (χ3n) is 4.01. The van der Waals surface area contributed by atoms with Gasteiger partial charge >= 0.3 is 0 Å². The van der Waals surface area contributed by atoms with Gasteiger partial charge in [0, 0.05) is 11.3 Å². The molecular weight excluding hydrogens is 270 g/mol. The topological polar surface area (TPSA) is 28.0 Å². The third kappa shape index (κ3) is 2.67. The van der Waals surface area contributed by atoms with Crippen LogP contribution in [0.3, 0.4) is 0 Å². The zero-order valence-corrected chi connectivity index (χ0v) is 13.6. The molecule has 0 aliphatic carbocycles. The normalized spacial score (nSPS) is 14.2. The van der Waals surface area contributed by atoms with Gasteiger partial charge in [-0.3, -0.25) is 4.99 Å². The first-order chi connectivity index (χ1) is 10.6. The summed E-state index contributed by atoms with van der Waals surface area (Å²) in [4.78, 5) is 11.1. The predicted molar refractivity (Wildman–Crippen MR) is 94.2 cm³/mol. The van der Waals surface area contributed by atoms with Crippen LogP contribution in [0.4, 0.5) is 5.69 Å². The summed E-state index contributed by atoms with van der Waals surface area (Å²) in [7, 11) is 0. The van der Waals surface area contributed by atoms with Gasteiger partial charge in [0.15, 0.2) is 0 Å². The molecule has 0 radical (unpaired) electrons. The molecule has 22 heavy (non-hydrogen) atoms. The molecule has 1 aliphatic rings. The second-order valence-electron chi connectivity index (χ2n) is 5.93. The van der Waals surface area contributed by atoms with Crippen LogP contribution in [0, 0.1) is 27.7 Å². The summed E-state index contributed by atoms with van der Waals surface area (Å²) >= 11 is 0. The van der Waals surface area contributed by atoms with E-state index in [-0.39, 0.29) is 0 Å². The second-order valence-corrected chi connectivity index (χ2v) is 5.93. The Labute approximate surface area is 132 Å². The molecule has 0 atom stereocenters. The monoisotopic (exact) mass is 291 g/mol. The van der Waals surface area contributed by atoms with Gasteiger partial charge in [0.1, 0.15) is 18.8 Å². The fraction of sp³-hybridized carbons (Fsp3) is 0.263. The van der Waals surface area contributed by atoms with Crippen LogP contribution in [0.15, 0.2) is 46.4 Å². The first-order valence-corrected chi connectivity index (χ1v) is 7.55. The van der Waals surface area contributed by atoms with Crippen molar-refractivity contribution in [2.24, 2.45) is 9.98 Å². The number of rotatable bonds is 2. The quantitative estimate of drug-likeness (QED) is 0.816. The molecule has 0 spiro atoms. The molecule has 112 valence electrons. The predicted octanol–water partition coefficient (Wildman–Crippen LogP) is 4.17. The van der Waals surface area contributed by atoms with E-state index in [1.807, 2.05) is 0 Å². The largest absolute Gasteiger partial charge is 0.305 e. The highest BCUT2D eigenvalue weighted by molar-refractivity contribution is 6.14. The van der Waals surface area contributed by atoms with E-state index >= 15 is 0 Å². The van der Waals surface area contributed by atoms with E-state index in [1.165, 1.54) is 27.9 Å². The maximum absolute atomic E-state index is 4.56. The number of amidine groups is 1. The van der Waals surface area contributed by atoms with Gasteiger partial charge in [-0.1, -0.05) is 41.5 Å². The highest BCUT2D eigenvalue weighted by Gasteiger charge is 2.20. The Bertz CT molecular complexity index is 772. The molecule has 0 amide bonds. The number of anilines is 1. The van der Waals surface area contributed by atoms with E-state index in [9.17, 15) is 0 Å². The summed E-state index contributed by atoms with van der Waals surface area (Å²) in [5.41, 5.74) is 7.35. The minimum atomic E-state index is 0.607. The molecule has 0 saturated carbocycles. The fourth-order valence-corrected chi connectivity index (χ4v) is 2.93. The standard InChI is InChI=1S/C19H21N3/c1-13-5-7-17(15(3)9-13)19-21-11-20-12-22(19)18-8-6-14(2)10-16(18)4/h5-11H,12H2,1-4H3. The molecule has 0 bridgehead atoms. The zero-order chi connectivity index (χ0) is 15.7. The number of hydrogen-bond donors (Lipinski definition) is 0. The second kappa shape index (κ2) is 5.76. The minimum Gasteiger partial charge on any atom is -0.305 e. The smallest absolute Gasteiger partial charge is 0.143 e. The molecule has 1 heterocycles. The highest BCUT2D eigenvalue weighted by Crippen LogP contribution is 2.25. The Hall–Kier alpha value is -2.42. The summed E-state index contributed by atoms with van der Waals surface area (Å²) in [6.45, 7) is 9.11. The van der Waals surface area contributed by atoms with E-state index in [0.29, 0.717) is 6.67 Å². The molecule has 3 heteroatoms. The molecule has 0 aromatic heterocycles. The summed E-state index contributed by atoms with van der Waals surface area (Å²) in [6.07, 6.45) is 1.66. The molecule has 2 aromatic carbocycles. The average molecular weight is 291 g/mol. The Kier molecular flexibility index (Phi) is 3.80. The van der Waals surface area contributed by atoms with E-state index < -0.39 is 0 Å². The molecule has 3 rings (SSSR count). The number of aliphatic imine (C=N–C) groups is 2. The summed E-state index contributed by atoms with van der Waals surface area (Å²) < 4.78 is 0. The molecule has 0 N–H and O–H groups in total. The van der Waals surface area contributed by atoms with Crippen LogP contribution in [-0.4, -0.2) is 18.8 Å². The number of aryl methyl sites for hydroxylation is 4.